The fourth-order valence-corrected chi connectivity index (χ4v) is 3.93. The zero-order valence-corrected chi connectivity index (χ0v) is 15.4. The first-order valence-electron chi connectivity index (χ1n) is 7.89. The van der Waals surface area contributed by atoms with Crippen molar-refractivity contribution in [3.05, 3.63) is 63.9 Å². The third-order valence-corrected chi connectivity index (χ3v) is 5.68. The molecule has 0 saturated carbocycles. The molecule has 26 heavy (non-hydrogen) atoms. The van der Waals surface area contributed by atoms with Gasteiger partial charge in [-0.3, -0.25) is 4.79 Å². The Morgan fingerprint density at radius 2 is 2.04 bits per heavy atom. The van der Waals surface area contributed by atoms with Gasteiger partial charge in [0.1, 0.15) is 5.82 Å². The molecule has 2 aromatic rings. The van der Waals surface area contributed by atoms with Crippen molar-refractivity contribution in [2.75, 3.05) is 12.4 Å². The van der Waals surface area contributed by atoms with E-state index in [-0.39, 0.29) is 10.9 Å². The molecule has 2 aromatic carbocycles. The predicted octanol–water partition coefficient (Wildman–Crippen LogP) is 2.77. The third kappa shape index (κ3) is 3.88. The number of carbonyl (C=O) groups excluding carboxylic acids is 1. The maximum atomic E-state index is 13.2. The van der Waals surface area contributed by atoms with E-state index in [4.69, 9.17) is 11.6 Å². The molecule has 1 unspecified atom stereocenters. The number of fused-ring (bicyclic) bond motifs is 1. The SMILES string of the molecule is CNS(=O)(=O)NC1CCc2c(C(=O)Nc3ccc(F)c(Cl)c3)cccc21. The van der Waals surface area contributed by atoms with Crippen LogP contribution in [0.5, 0.6) is 0 Å². The highest BCUT2D eigenvalue weighted by Gasteiger charge is 2.29. The largest absolute Gasteiger partial charge is 0.322 e. The van der Waals surface area contributed by atoms with Crippen LogP contribution in [0.3, 0.4) is 0 Å². The van der Waals surface area contributed by atoms with Gasteiger partial charge in [0.25, 0.3) is 16.1 Å². The van der Waals surface area contributed by atoms with E-state index in [2.05, 4.69) is 14.8 Å². The summed E-state index contributed by atoms with van der Waals surface area (Å²) >= 11 is 5.73. The first kappa shape index (κ1) is 18.8. The van der Waals surface area contributed by atoms with Gasteiger partial charge in [-0.15, -0.1) is 0 Å². The zero-order chi connectivity index (χ0) is 18.9. The van der Waals surface area contributed by atoms with Crippen LogP contribution in [-0.4, -0.2) is 21.4 Å². The molecule has 0 bridgehead atoms. The normalized spacial score (nSPS) is 16.3. The minimum atomic E-state index is -3.59. The van der Waals surface area contributed by atoms with Gasteiger partial charge in [-0.2, -0.15) is 13.1 Å². The van der Waals surface area contributed by atoms with Crippen molar-refractivity contribution >= 4 is 33.4 Å². The summed E-state index contributed by atoms with van der Waals surface area (Å²) in [6, 6.07) is 8.72. The van der Waals surface area contributed by atoms with Crippen molar-refractivity contribution in [1.29, 1.82) is 0 Å². The number of rotatable bonds is 5. The molecule has 0 radical (unpaired) electrons. The standard InChI is InChI=1S/C17H17ClFN3O3S/c1-20-26(24,25)22-16-8-6-11-12(16)3-2-4-13(11)17(23)21-10-5-7-15(19)14(18)9-10/h2-5,7,9,16,20,22H,6,8H2,1H3,(H,21,23). The molecule has 1 atom stereocenters. The number of hydrogen-bond donors (Lipinski definition) is 3. The number of benzene rings is 2. The Labute approximate surface area is 155 Å². The molecule has 0 aromatic heterocycles. The predicted molar refractivity (Wildman–Crippen MR) is 98.0 cm³/mol. The van der Waals surface area contributed by atoms with Gasteiger partial charge in [0.05, 0.1) is 5.02 Å². The molecular formula is C17H17ClFN3O3S. The van der Waals surface area contributed by atoms with Crippen LogP contribution in [0.25, 0.3) is 0 Å². The minimum Gasteiger partial charge on any atom is -0.322 e. The van der Waals surface area contributed by atoms with Crippen LogP contribution in [0.2, 0.25) is 5.02 Å². The van der Waals surface area contributed by atoms with Crippen molar-refractivity contribution in [2.45, 2.75) is 18.9 Å². The Bertz CT molecular complexity index is 966. The van der Waals surface area contributed by atoms with E-state index in [1.54, 1.807) is 18.2 Å². The van der Waals surface area contributed by atoms with Crippen LogP contribution >= 0.6 is 11.6 Å². The second kappa shape index (κ2) is 7.32. The maximum absolute atomic E-state index is 13.2. The van der Waals surface area contributed by atoms with Crippen molar-refractivity contribution < 1.29 is 17.6 Å². The van der Waals surface area contributed by atoms with E-state index in [0.717, 1.165) is 11.1 Å². The second-order valence-electron chi connectivity index (χ2n) is 5.87. The van der Waals surface area contributed by atoms with Gasteiger partial charge in [-0.1, -0.05) is 23.7 Å². The minimum absolute atomic E-state index is 0.0809. The molecule has 138 valence electrons. The highest BCUT2D eigenvalue weighted by Crippen LogP contribution is 2.34. The van der Waals surface area contributed by atoms with Crippen LogP contribution in [0, 0.1) is 5.82 Å². The average molecular weight is 398 g/mol. The Balaban J connectivity index is 1.85. The van der Waals surface area contributed by atoms with Gasteiger partial charge in [0, 0.05) is 24.3 Å². The molecule has 3 N–H and O–H groups in total. The monoisotopic (exact) mass is 397 g/mol. The van der Waals surface area contributed by atoms with Crippen LogP contribution in [0.4, 0.5) is 10.1 Å². The summed E-state index contributed by atoms with van der Waals surface area (Å²) in [5.74, 6) is -0.924. The van der Waals surface area contributed by atoms with E-state index in [9.17, 15) is 17.6 Å². The van der Waals surface area contributed by atoms with E-state index in [0.29, 0.717) is 24.1 Å². The fraction of sp³-hybridized carbons (Fsp3) is 0.235. The molecule has 0 fully saturated rings. The van der Waals surface area contributed by atoms with E-state index >= 15 is 0 Å². The molecule has 1 aliphatic carbocycles. The van der Waals surface area contributed by atoms with Crippen LogP contribution in [0.15, 0.2) is 36.4 Å². The van der Waals surface area contributed by atoms with Crippen molar-refractivity contribution in [3.8, 4) is 0 Å². The van der Waals surface area contributed by atoms with E-state index < -0.39 is 22.1 Å². The van der Waals surface area contributed by atoms with Gasteiger partial charge >= 0.3 is 0 Å². The number of anilines is 1. The molecule has 0 heterocycles. The molecule has 0 spiro atoms. The molecule has 9 heteroatoms. The lowest BCUT2D eigenvalue weighted by molar-refractivity contribution is 0.102. The molecule has 1 amide bonds. The Morgan fingerprint density at radius 1 is 1.27 bits per heavy atom. The number of amides is 1. The summed E-state index contributed by atoms with van der Waals surface area (Å²) in [5.41, 5.74) is 2.40. The number of hydrogen-bond acceptors (Lipinski definition) is 3. The zero-order valence-electron chi connectivity index (χ0n) is 13.8. The lowest BCUT2D eigenvalue weighted by atomic mass is 10.0. The van der Waals surface area contributed by atoms with Crippen molar-refractivity contribution in [3.63, 3.8) is 0 Å². The molecule has 0 saturated heterocycles. The highest BCUT2D eigenvalue weighted by atomic mass is 35.5. The lowest BCUT2D eigenvalue weighted by Gasteiger charge is -2.14. The summed E-state index contributed by atoms with van der Waals surface area (Å²) in [4.78, 5) is 12.6. The first-order valence-corrected chi connectivity index (χ1v) is 9.76. The Morgan fingerprint density at radius 3 is 2.73 bits per heavy atom. The average Bonchev–Trinajstić information content (AvgIpc) is 3.00. The number of nitrogens with one attached hydrogen (secondary N) is 3. The molecular weight excluding hydrogens is 381 g/mol. The topological polar surface area (TPSA) is 87.3 Å². The van der Waals surface area contributed by atoms with Crippen LogP contribution < -0.4 is 14.8 Å². The second-order valence-corrected chi connectivity index (χ2v) is 7.93. The quantitative estimate of drug-likeness (QED) is 0.725. The molecule has 1 aliphatic rings. The van der Waals surface area contributed by atoms with Crippen molar-refractivity contribution in [1.82, 2.24) is 9.44 Å². The molecule has 0 aliphatic heterocycles. The van der Waals surface area contributed by atoms with Gasteiger partial charge < -0.3 is 5.32 Å². The Hall–Kier alpha value is -2.00. The number of carbonyl (C=O) groups is 1. The van der Waals surface area contributed by atoms with Gasteiger partial charge in [0.2, 0.25) is 0 Å². The number of halogens is 2. The molecule has 6 nitrogen and oxygen atoms in total. The fourth-order valence-electron chi connectivity index (χ4n) is 3.01. The first-order chi connectivity index (χ1) is 12.3. The van der Waals surface area contributed by atoms with Gasteiger partial charge in [0.15, 0.2) is 0 Å². The summed E-state index contributed by atoms with van der Waals surface area (Å²) in [5, 5.41) is 2.61. The smallest absolute Gasteiger partial charge is 0.277 e. The third-order valence-electron chi connectivity index (χ3n) is 4.26. The van der Waals surface area contributed by atoms with E-state index in [1.807, 2.05) is 0 Å². The summed E-state index contributed by atoms with van der Waals surface area (Å²) in [6.45, 7) is 0. The molecule has 3 rings (SSSR count). The Kier molecular flexibility index (Phi) is 5.29. The highest BCUT2D eigenvalue weighted by molar-refractivity contribution is 7.87. The summed E-state index contributed by atoms with van der Waals surface area (Å²) in [6.07, 6.45) is 1.13. The summed E-state index contributed by atoms with van der Waals surface area (Å²) in [7, 11) is -2.26. The summed E-state index contributed by atoms with van der Waals surface area (Å²) < 4.78 is 41.5. The van der Waals surface area contributed by atoms with Gasteiger partial charge in [-0.05, 0) is 48.2 Å². The van der Waals surface area contributed by atoms with Crippen LogP contribution in [-0.2, 0) is 16.6 Å². The van der Waals surface area contributed by atoms with Crippen molar-refractivity contribution in [2.24, 2.45) is 0 Å². The lowest BCUT2D eigenvalue weighted by Crippen LogP contribution is -2.36. The van der Waals surface area contributed by atoms with Crippen LogP contribution in [0.1, 0.15) is 33.9 Å². The van der Waals surface area contributed by atoms with E-state index in [1.165, 1.54) is 25.2 Å². The van der Waals surface area contributed by atoms with Gasteiger partial charge in [-0.25, -0.2) is 9.11 Å². The maximum Gasteiger partial charge on any atom is 0.277 e.